The molecule has 2 fully saturated rings. The van der Waals surface area contributed by atoms with Crippen molar-refractivity contribution in [3.8, 4) is 0 Å². The minimum atomic E-state index is 0.816. The van der Waals surface area contributed by atoms with Crippen molar-refractivity contribution >= 4 is 0 Å². The monoisotopic (exact) mass is 240 g/mol. The fourth-order valence-corrected chi connectivity index (χ4v) is 2.87. The molecule has 1 saturated heterocycles. The lowest BCUT2D eigenvalue weighted by molar-refractivity contribution is 0.0628. The maximum atomic E-state index is 5.66. The Bertz CT molecular complexity index is 200. The number of nitrogens with zero attached hydrogens (tertiary/aromatic N) is 1. The Hall–Kier alpha value is -0.120. The number of nitrogens with two attached hydrogens (primary N) is 1. The molecule has 0 aromatic carbocycles. The van der Waals surface area contributed by atoms with Gasteiger partial charge in [-0.25, -0.2) is 0 Å². The van der Waals surface area contributed by atoms with Crippen molar-refractivity contribution in [1.29, 1.82) is 0 Å². The Morgan fingerprint density at radius 2 is 1.76 bits per heavy atom. The van der Waals surface area contributed by atoms with Crippen LogP contribution in [-0.2, 0) is 4.74 Å². The zero-order chi connectivity index (χ0) is 11.9. The van der Waals surface area contributed by atoms with Crippen LogP contribution in [-0.4, -0.2) is 43.8 Å². The molecule has 1 aliphatic heterocycles. The number of hydrogen-bond acceptors (Lipinski definition) is 3. The largest absolute Gasteiger partial charge is 0.381 e. The third-order valence-corrected chi connectivity index (χ3v) is 4.13. The van der Waals surface area contributed by atoms with E-state index >= 15 is 0 Å². The molecule has 0 aromatic heterocycles. The summed E-state index contributed by atoms with van der Waals surface area (Å²) in [5.41, 5.74) is 5.66. The lowest BCUT2D eigenvalue weighted by atomic mass is 9.94. The van der Waals surface area contributed by atoms with Gasteiger partial charge < -0.3 is 10.5 Å². The van der Waals surface area contributed by atoms with Gasteiger partial charge in [0.05, 0.1) is 0 Å². The van der Waals surface area contributed by atoms with Gasteiger partial charge in [0.15, 0.2) is 0 Å². The molecule has 0 bridgehead atoms. The van der Waals surface area contributed by atoms with Gasteiger partial charge in [-0.15, -0.1) is 0 Å². The summed E-state index contributed by atoms with van der Waals surface area (Å²) in [6.45, 7) is 5.17. The molecular weight excluding hydrogens is 212 g/mol. The smallest absolute Gasteiger partial charge is 0.0468 e. The fraction of sp³-hybridized carbons (Fsp3) is 1.00. The molecule has 1 aliphatic carbocycles. The molecule has 3 heteroatoms. The van der Waals surface area contributed by atoms with Crippen LogP contribution < -0.4 is 5.73 Å². The summed E-state index contributed by atoms with van der Waals surface area (Å²) in [5, 5.41) is 0. The van der Waals surface area contributed by atoms with Crippen molar-refractivity contribution < 1.29 is 4.74 Å². The van der Waals surface area contributed by atoms with Crippen LogP contribution in [0.5, 0.6) is 0 Å². The standard InChI is InChI=1S/C14H28N2O/c15-8-10-16(14-4-5-14)9-2-1-3-13-6-11-17-12-7-13/h13-14H,1-12,15H2. The van der Waals surface area contributed by atoms with Crippen LogP contribution in [0.3, 0.4) is 0 Å². The van der Waals surface area contributed by atoms with E-state index in [2.05, 4.69) is 4.90 Å². The highest BCUT2D eigenvalue weighted by Crippen LogP contribution is 2.27. The Labute approximate surface area is 106 Å². The van der Waals surface area contributed by atoms with Crippen LogP contribution in [0, 0.1) is 5.92 Å². The van der Waals surface area contributed by atoms with Crippen LogP contribution in [0.2, 0.25) is 0 Å². The van der Waals surface area contributed by atoms with E-state index in [0.717, 1.165) is 38.3 Å². The highest BCUT2D eigenvalue weighted by molar-refractivity contribution is 4.84. The lowest BCUT2D eigenvalue weighted by Crippen LogP contribution is -2.32. The van der Waals surface area contributed by atoms with Crippen LogP contribution in [0.4, 0.5) is 0 Å². The summed E-state index contributed by atoms with van der Waals surface area (Å²) in [7, 11) is 0. The molecule has 17 heavy (non-hydrogen) atoms. The summed E-state index contributed by atoms with van der Waals surface area (Å²) in [4.78, 5) is 2.60. The number of unbranched alkanes of at least 4 members (excludes halogenated alkanes) is 1. The van der Waals surface area contributed by atoms with Gasteiger partial charge in [0.1, 0.15) is 0 Å². The summed E-state index contributed by atoms with van der Waals surface area (Å²) in [6.07, 6.45) is 9.53. The van der Waals surface area contributed by atoms with Crippen LogP contribution in [0.25, 0.3) is 0 Å². The van der Waals surface area contributed by atoms with Gasteiger partial charge in [-0.2, -0.15) is 0 Å². The molecule has 3 nitrogen and oxygen atoms in total. The van der Waals surface area contributed by atoms with E-state index in [1.54, 1.807) is 0 Å². The van der Waals surface area contributed by atoms with Gasteiger partial charge in [-0.1, -0.05) is 12.8 Å². The van der Waals surface area contributed by atoms with Crippen LogP contribution >= 0.6 is 0 Å². The summed E-state index contributed by atoms with van der Waals surface area (Å²) < 4.78 is 5.39. The minimum Gasteiger partial charge on any atom is -0.381 e. The topological polar surface area (TPSA) is 38.5 Å². The van der Waals surface area contributed by atoms with Crippen molar-refractivity contribution in [2.75, 3.05) is 32.8 Å². The minimum absolute atomic E-state index is 0.816. The SMILES string of the molecule is NCCN(CCCCC1CCOCC1)C1CC1. The molecular formula is C14H28N2O. The molecule has 0 radical (unpaired) electrons. The Kier molecular flexibility index (Phi) is 5.75. The van der Waals surface area contributed by atoms with Crippen molar-refractivity contribution in [1.82, 2.24) is 4.90 Å². The normalized spacial score (nSPS) is 22.2. The Balaban J connectivity index is 1.51. The Morgan fingerprint density at radius 1 is 1.00 bits per heavy atom. The second-order valence-electron chi connectivity index (χ2n) is 5.61. The maximum Gasteiger partial charge on any atom is 0.0468 e. The molecule has 1 saturated carbocycles. The molecule has 0 atom stereocenters. The van der Waals surface area contributed by atoms with Crippen molar-refractivity contribution in [3.63, 3.8) is 0 Å². The van der Waals surface area contributed by atoms with Gasteiger partial charge >= 0.3 is 0 Å². The maximum absolute atomic E-state index is 5.66. The summed E-state index contributed by atoms with van der Waals surface area (Å²) in [6, 6.07) is 0.877. The Morgan fingerprint density at radius 3 is 2.41 bits per heavy atom. The zero-order valence-electron chi connectivity index (χ0n) is 11.1. The van der Waals surface area contributed by atoms with E-state index in [4.69, 9.17) is 10.5 Å². The zero-order valence-corrected chi connectivity index (χ0v) is 11.1. The highest BCUT2D eigenvalue weighted by atomic mass is 16.5. The van der Waals surface area contributed by atoms with Gasteiger partial charge in [0.2, 0.25) is 0 Å². The molecule has 2 rings (SSSR count). The summed E-state index contributed by atoms with van der Waals surface area (Å²) in [5.74, 6) is 0.938. The molecule has 2 aliphatic rings. The molecule has 0 unspecified atom stereocenters. The van der Waals surface area contributed by atoms with Crippen molar-refractivity contribution in [3.05, 3.63) is 0 Å². The van der Waals surface area contributed by atoms with E-state index in [1.807, 2.05) is 0 Å². The first-order valence-electron chi connectivity index (χ1n) is 7.42. The molecule has 2 N–H and O–H groups in total. The second kappa shape index (κ2) is 7.34. The van der Waals surface area contributed by atoms with E-state index in [-0.39, 0.29) is 0 Å². The number of hydrogen-bond donors (Lipinski definition) is 1. The van der Waals surface area contributed by atoms with Crippen molar-refractivity contribution in [2.24, 2.45) is 11.7 Å². The van der Waals surface area contributed by atoms with Gasteiger partial charge in [0, 0.05) is 32.3 Å². The van der Waals surface area contributed by atoms with E-state index in [1.165, 1.54) is 51.5 Å². The fourth-order valence-electron chi connectivity index (χ4n) is 2.87. The van der Waals surface area contributed by atoms with Gasteiger partial charge in [-0.3, -0.25) is 4.90 Å². The lowest BCUT2D eigenvalue weighted by Gasteiger charge is -2.23. The number of ether oxygens (including phenoxy) is 1. The third-order valence-electron chi connectivity index (χ3n) is 4.13. The average molecular weight is 240 g/mol. The summed E-state index contributed by atoms with van der Waals surface area (Å²) >= 11 is 0. The quantitative estimate of drug-likeness (QED) is 0.660. The molecule has 100 valence electrons. The first-order chi connectivity index (χ1) is 8.40. The van der Waals surface area contributed by atoms with E-state index in [0.29, 0.717) is 0 Å². The van der Waals surface area contributed by atoms with Crippen molar-refractivity contribution in [2.45, 2.75) is 51.0 Å². The number of rotatable bonds is 8. The first-order valence-corrected chi connectivity index (χ1v) is 7.42. The predicted octanol–water partition coefficient (Wildman–Crippen LogP) is 2.01. The molecule has 1 heterocycles. The van der Waals surface area contributed by atoms with E-state index in [9.17, 15) is 0 Å². The predicted molar refractivity (Wildman–Crippen MR) is 71.0 cm³/mol. The molecule has 0 aromatic rings. The van der Waals surface area contributed by atoms with Crippen LogP contribution in [0.15, 0.2) is 0 Å². The van der Waals surface area contributed by atoms with Gasteiger partial charge in [0.25, 0.3) is 0 Å². The van der Waals surface area contributed by atoms with Crippen LogP contribution in [0.1, 0.15) is 44.9 Å². The molecule has 0 amide bonds. The van der Waals surface area contributed by atoms with Gasteiger partial charge in [-0.05, 0) is 44.6 Å². The highest BCUT2D eigenvalue weighted by Gasteiger charge is 2.27. The second-order valence-corrected chi connectivity index (χ2v) is 5.61. The molecule has 0 spiro atoms. The first kappa shape index (κ1) is 13.3. The average Bonchev–Trinajstić information content (AvgIpc) is 3.19. The third kappa shape index (κ3) is 4.94. The van der Waals surface area contributed by atoms with E-state index < -0.39 is 0 Å².